The van der Waals surface area contributed by atoms with Gasteiger partial charge in [-0.2, -0.15) is 0 Å². The van der Waals surface area contributed by atoms with Gasteiger partial charge in [0, 0.05) is 17.4 Å². The highest BCUT2D eigenvalue weighted by Gasteiger charge is 2.14. The summed E-state index contributed by atoms with van der Waals surface area (Å²) >= 11 is 5.89. The highest BCUT2D eigenvalue weighted by atomic mass is 35.5. The van der Waals surface area contributed by atoms with Crippen molar-refractivity contribution >= 4 is 17.6 Å². The molecule has 0 radical (unpaired) electrons. The quantitative estimate of drug-likeness (QED) is 0.923. The van der Waals surface area contributed by atoms with Gasteiger partial charge in [-0.3, -0.25) is 0 Å². The lowest BCUT2D eigenvalue weighted by Crippen LogP contribution is -2.04. The first-order valence-electron chi connectivity index (χ1n) is 5.06. The van der Waals surface area contributed by atoms with E-state index in [0.29, 0.717) is 10.8 Å². The fourth-order valence-electron chi connectivity index (χ4n) is 1.34. The molecule has 1 N–H and O–H groups in total. The molecule has 0 aliphatic carbocycles. The molecule has 5 nitrogen and oxygen atoms in total. The number of benzene rings is 1. The van der Waals surface area contributed by atoms with Crippen molar-refractivity contribution in [3.63, 3.8) is 0 Å². The van der Waals surface area contributed by atoms with Crippen molar-refractivity contribution < 1.29 is 14.6 Å². The molecule has 2 aromatic rings. The number of hydrogen-bond donors (Lipinski definition) is 1. The van der Waals surface area contributed by atoms with Crippen molar-refractivity contribution in [2.24, 2.45) is 0 Å². The third-order valence-corrected chi connectivity index (χ3v) is 2.64. The number of aryl methyl sites for hydroxylation is 1. The maximum atomic E-state index is 10.9. The highest BCUT2D eigenvalue weighted by Crippen LogP contribution is 2.25. The van der Waals surface area contributed by atoms with E-state index in [4.69, 9.17) is 21.4 Å². The Bertz CT molecular complexity index is 602. The maximum absolute atomic E-state index is 10.9. The molecular formula is C12H9ClN2O3. The van der Waals surface area contributed by atoms with Crippen LogP contribution < -0.4 is 4.74 Å². The van der Waals surface area contributed by atoms with Crippen LogP contribution in [0.2, 0.25) is 5.02 Å². The van der Waals surface area contributed by atoms with E-state index in [1.54, 1.807) is 18.2 Å². The summed E-state index contributed by atoms with van der Waals surface area (Å²) in [5, 5.41) is 9.55. The number of rotatable bonds is 3. The van der Waals surface area contributed by atoms with Crippen LogP contribution in [0.5, 0.6) is 11.6 Å². The Morgan fingerprint density at radius 3 is 2.72 bits per heavy atom. The third kappa shape index (κ3) is 2.57. The van der Waals surface area contributed by atoms with Crippen molar-refractivity contribution in [3.05, 3.63) is 46.9 Å². The predicted molar refractivity (Wildman–Crippen MR) is 65.3 cm³/mol. The van der Waals surface area contributed by atoms with Gasteiger partial charge in [-0.25, -0.2) is 14.8 Å². The molecule has 0 saturated carbocycles. The Kier molecular flexibility index (Phi) is 3.43. The molecule has 0 unspecified atom stereocenters. The molecule has 1 heterocycles. The summed E-state index contributed by atoms with van der Waals surface area (Å²) in [7, 11) is 0. The average molecular weight is 265 g/mol. The topological polar surface area (TPSA) is 72.3 Å². The second kappa shape index (κ2) is 5.01. The summed E-state index contributed by atoms with van der Waals surface area (Å²) in [5.74, 6) is -0.782. The van der Waals surface area contributed by atoms with Crippen molar-refractivity contribution in [1.82, 2.24) is 9.97 Å². The smallest absolute Gasteiger partial charge is 0.360 e. The van der Waals surface area contributed by atoms with Crippen molar-refractivity contribution in [2.75, 3.05) is 0 Å². The maximum Gasteiger partial charge on any atom is 0.360 e. The summed E-state index contributed by atoms with van der Waals surface area (Å²) in [6, 6.07) is 5.00. The van der Waals surface area contributed by atoms with Gasteiger partial charge in [0.1, 0.15) is 5.75 Å². The van der Waals surface area contributed by atoms with Gasteiger partial charge in [-0.1, -0.05) is 11.6 Å². The number of aromatic nitrogens is 2. The summed E-state index contributed by atoms with van der Waals surface area (Å²) in [6.45, 7) is 1.82. The summed E-state index contributed by atoms with van der Waals surface area (Å²) < 4.78 is 5.39. The zero-order valence-corrected chi connectivity index (χ0v) is 10.2. The monoisotopic (exact) mass is 264 g/mol. The summed E-state index contributed by atoms with van der Waals surface area (Å²) in [6.07, 6.45) is 2.66. The first-order chi connectivity index (χ1) is 8.58. The number of nitrogens with zero attached hydrogens (tertiary/aromatic N) is 2. The first kappa shape index (κ1) is 12.3. The highest BCUT2D eigenvalue weighted by molar-refractivity contribution is 6.31. The van der Waals surface area contributed by atoms with Gasteiger partial charge in [-0.15, -0.1) is 0 Å². The van der Waals surface area contributed by atoms with Crippen LogP contribution in [0.1, 0.15) is 16.1 Å². The van der Waals surface area contributed by atoms with Crippen LogP contribution in [-0.2, 0) is 0 Å². The fourth-order valence-corrected chi connectivity index (χ4v) is 1.46. The Morgan fingerprint density at radius 2 is 2.06 bits per heavy atom. The number of halogens is 1. The Morgan fingerprint density at radius 1 is 1.33 bits per heavy atom. The average Bonchev–Trinajstić information content (AvgIpc) is 2.34. The molecular weight excluding hydrogens is 256 g/mol. The van der Waals surface area contributed by atoms with Gasteiger partial charge in [0.15, 0.2) is 0 Å². The van der Waals surface area contributed by atoms with Crippen LogP contribution in [0.4, 0.5) is 0 Å². The fraction of sp³-hybridized carbons (Fsp3) is 0.0833. The number of carboxylic acids is 1. The number of aromatic carboxylic acids is 1. The zero-order valence-electron chi connectivity index (χ0n) is 9.42. The zero-order chi connectivity index (χ0) is 13.1. The molecule has 0 spiro atoms. The van der Waals surface area contributed by atoms with Gasteiger partial charge in [0.05, 0.1) is 0 Å². The lowest BCUT2D eigenvalue weighted by atomic mass is 10.2. The Balaban J connectivity index is 2.34. The molecule has 92 valence electrons. The third-order valence-electron chi connectivity index (χ3n) is 2.21. The lowest BCUT2D eigenvalue weighted by Gasteiger charge is -2.07. The number of hydrogen-bond acceptors (Lipinski definition) is 4. The van der Waals surface area contributed by atoms with Crippen molar-refractivity contribution in [2.45, 2.75) is 6.92 Å². The van der Waals surface area contributed by atoms with Gasteiger partial charge < -0.3 is 9.84 Å². The van der Waals surface area contributed by atoms with Gasteiger partial charge in [-0.05, 0) is 30.7 Å². The second-order valence-corrected chi connectivity index (χ2v) is 3.94. The van der Waals surface area contributed by atoms with Crippen LogP contribution in [0.25, 0.3) is 0 Å². The van der Waals surface area contributed by atoms with E-state index in [2.05, 4.69) is 9.97 Å². The van der Waals surface area contributed by atoms with E-state index >= 15 is 0 Å². The van der Waals surface area contributed by atoms with E-state index in [1.165, 1.54) is 12.4 Å². The minimum Gasteiger partial charge on any atom is -0.476 e. The van der Waals surface area contributed by atoms with E-state index in [-0.39, 0.29) is 11.6 Å². The standard InChI is InChI=1S/C12H9ClN2O3/c1-7-6-8(2-3-9(7)13)18-11-10(12(16)17)14-4-5-15-11/h2-6H,1H3,(H,16,17). The molecule has 0 amide bonds. The summed E-state index contributed by atoms with van der Waals surface area (Å²) in [5.41, 5.74) is 0.597. The first-order valence-corrected chi connectivity index (χ1v) is 5.44. The Hall–Kier alpha value is -2.14. The molecule has 2 rings (SSSR count). The van der Waals surface area contributed by atoms with Gasteiger partial charge in [0.2, 0.25) is 5.69 Å². The molecule has 1 aromatic carbocycles. The molecule has 0 atom stereocenters. The lowest BCUT2D eigenvalue weighted by molar-refractivity contribution is 0.0686. The van der Waals surface area contributed by atoms with Crippen LogP contribution >= 0.6 is 11.6 Å². The molecule has 0 bridgehead atoms. The molecule has 0 saturated heterocycles. The Labute approximate surface area is 108 Å². The number of carboxylic acid groups (broad SMARTS) is 1. The predicted octanol–water partition coefficient (Wildman–Crippen LogP) is 2.93. The van der Waals surface area contributed by atoms with Gasteiger partial charge in [0.25, 0.3) is 5.88 Å². The SMILES string of the molecule is Cc1cc(Oc2nccnc2C(=O)O)ccc1Cl. The number of ether oxygens (including phenoxy) is 1. The van der Waals surface area contributed by atoms with E-state index < -0.39 is 5.97 Å². The van der Waals surface area contributed by atoms with Crippen LogP contribution in [0, 0.1) is 6.92 Å². The van der Waals surface area contributed by atoms with Crippen LogP contribution in [0.3, 0.4) is 0 Å². The minimum absolute atomic E-state index is 0.0493. The molecule has 18 heavy (non-hydrogen) atoms. The minimum atomic E-state index is -1.19. The largest absolute Gasteiger partial charge is 0.476 e. The molecule has 1 aromatic heterocycles. The van der Waals surface area contributed by atoms with E-state index in [0.717, 1.165) is 5.56 Å². The molecule has 6 heteroatoms. The summed E-state index contributed by atoms with van der Waals surface area (Å²) in [4.78, 5) is 18.5. The molecule has 0 aliphatic rings. The van der Waals surface area contributed by atoms with Crippen LogP contribution in [0.15, 0.2) is 30.6 Å². The van der Waals surface area contributed by atoms with E-state index in [9.17, 15) is 4.79 Å². The van der Waals surface area contributed by atoms with Crippen molar-refractivity contribution in [3.8, 4) is 11.6 Å². The molecule has 0 aliphatic heterocycles. The van der Waals surface area contributed by atoms with Gasteiger partial charge >= 0.3 is 5.97 Å². The number of carbonyl (C=O) groups is 1. The van der Waals surface area contributed by atoms with E-state index in [1.807, 2.05) is 6.92 Å². The van der Waals surface area contributed by atoms with Crippen molar-refractivity contribution in [1.29, 1.82) is 0 Å². The second-order valence-electron chi connectivity index (χ2n) is 3.53. The normalized spacial score (nSPS) is 10.1. The van der Waals surface area contributed by atoms with Crippen LogP contribution in [-0.4, -0.2) is 21.0 Å². The molecule has 0 fully saturated rings.